The minimum atomic E-state index is -0.654. The lowest BCUT2D eigenvalue weighted by Gasteiger charge is -2.35. The number of amides is 1. The van der Waals surface area contributed by atoms with Crippen molar-refractivity contribution in [3.05, 3.63) is 63.9 Å². The van der Waals surface area contributed by atoms with Crippen LogP contribution in [-0.2, 0) is 9.59 Å². The number of ketones is 1. The van der Waals surface area contributed by atoms with Crippen LogP contribution >= 0.6 is 15.9 Å². The Kier molecular flexibility index (Phi) is 5.90. The zero-order chi connectivity index (χ0) is 21.3. The van der Waals surface area contributed by atoms with Crippen molar-refractivity contribution in [2.75, 3.05) is 7.11 Å². The molecule has 1 atom stereocenters. The number of benzene rings is 1. The van der Waals surface area contributed by atoms with Crippen molar-refractivity contribution in [1.29, 1.82) is 0 Å². The largest absolute Gasteiger partial charge is 0.507 e. The molecule has 2 aliphatic rings. The molecule has 4 rings (SSSR count). The SMILES string of the molecule is COc1ccc(/C(O)=C2/C(=O)C(=O)N(C3CCCCC3)C2c2cccnc2)cc1Br. The summed E-state index contributed by atoms with van der Waals surface area (Å²) in [5.74, 6) is -0.786. The van der Waals surface area contributed by atoms with E-state index >= 15 is 0 Å². The number of carbonyl (C=O) groups excluding carboxylic acids is 2. The number of pyridine rings is 1. The van der Waals surface area contributed by atoms with Crippen LogP contribution in [0.3, 0.4) is 0 Å². The number of carbonyl (C=O) groups is 2. The minimum Gasteiger partial charge on any atom is -0.507 e. The third kappa shape index (κ3) is 3.62. The molecule has 0 spiro atoms. The summed E-state index contributed by atoms with van der Waals surface area (Å²) < 4.78 is 5.89. The third-order valence-electron chi connectivity index (χ3n) is 5.87. The van der Waals surface area contributed by atoms with E-state index in [0.29, 0.717) is 15.8 Å². The number of rotatable bonds is 4. The van der Waals surface area contributed by atoms with Crippen molar-refractivity contribution in [3.63, 3.8) is 0 Å². The van der Waals surface area contributed by atoms with Gasteiger partial charge in [0.2, 0.25) is 0 Å². The normalized spacial score (nSPS) is 21.8. The fourth-order valence-electron chi connectivity index (χ4n) is 4.42. The molecule has 1 saturated carbocycles. The number of methoxy groups -OCH3 is 1. The number of halogens is 1. The molecule has 1 aliphatic heterocycles. The Morgan fingerprint density at radius 2 is 1.97 bits per heavy atom. The van der Waals surface area contributed by atoms with Gasteiger partial charge in [-0.15, -0.1) is 0 Å². The monoisotopic (exact) mass is 470 g/mol. The van der Waals surface area contributed by atoms with Crippen molar-refractivity contribution in [3.8, 4) is 5.75 Å². The van der Waals surface area contributed by atoms with E-state index in [1.807, 2.05) is 6.07 Å². The van der Waals surface area contributed by atoms with E-state index in [1.165, 1.54) is 0 Å². The number of aliphatic hydroxyl groups excluding tert-OH is 1. The maximum atomic E-state index is 13.1. The Bertz CT molecular complexity index is 1000. The summed E-state index contributed by atoms with van der Waals surface area (Å²) in [7, 11) is 1.55. The first-order chi connectivity index (χ1) is 14.5. The number of hydrogen-bond donors (Lipinski definition) is 1. The molecule has 1 amide bonds. The molecule has 1 saturated heterocycles. The van der Waals surface area contributed by atoms with Gasteiger partial charge in [-0.2, -0.15) is 0 Å². The molecule has 0 radical (unpaired) electrons. The summed E-state index contributed by atoms with van der Waals surface area (Å²) in [5.41, 5.74) is 1.27. The molecule has 156 valence electrons. The van der Waals surface area contributed by atoms with Crippen molar-refractivity contribution < 1.29 is 19.4 Å². The summed E-state index contributed by atoms with van der Waals surface area (Å²) in [6.07, 6.45) is 8.21. The van der Waals surface area contributed by atoms with Crippen LogP contribution in [0.4, 0.5) is 0 Å². The average Bonchev–Trinajstić information content (AvgIpc) is 3.05. The summed E-state index contributed by atoms with van der Waals surface area (Å²) >= 11 is 3.41. The highest BCUT2D eigenvalue weighted by Gasteiger charge is 2.48. The Hall–Kier alpha value is -2.67. The van der Waals surface area contributed by atoms with Crippen molar-refractivity contribution in [2.45, 2.75) is 44.2 Å². The number of hydrogen-bond acceptors (Lipinski definition) is 5. The van der Waals surface area contributed by atoms with E-state index < -0.39 is 17.7 Å². The fourth-order valence-corrected chi connectivity index (χ4v) is 4.96. The third-order valence-corrected chi connectivity index (χ3v) is 6.49. The van der Waals surface area contributed by atoms with Gasteiger partial charge in [-0.1, -0.05) is 25.3 Å². The van der Waals surface area contributed by atoms with Crippen LogP contribution in [0.15, 0.2) is 52.8 Å². The maximum absolute atomic E-state index is 13.1. The molecule has 7 heteroatoms. The van der Waals surface area contributed by atoms with Gasteiger partial charge in [0.25, 0.3) is 11.7 Å². The van der Waals surface area contributed by atoms with Crippen LogP contribution in [0.5, 0.6) is 5.75 Å². The zero-order valence-electron chi connectivity index (χ0n) is 16.7. The standard InChI is InChI=1S/C23H23BrN2O4/c1-30-18-10-9-14(12-17(18)24)21(27)19-20(15-6-5-11-25-13-15)26(23(29)22(19)28)16-7-3-2-4-8-16/h5-6,9-13,16,20,27H,2-4,7-8H2,1H3/b21-19-. The Balaban J connectivity index is 1.85. The smallest absolute Gasteiger partial charge is 0.295 e. The molecule has 2 aromatic rings. The average molecular weight is 471 g/mol. The number of likely N-dealkylation sites (tertiary alicyclic amines) is 1. The van der Waals surface area contributed by atoms with Gasteiger partial charge in [0.05, 0.1) is 23.2 Å². The van der Waals surface area contributed by atoms with Gasteiger partial charge >= 0.3 is 0 Å². The number of ether oxygens (including phenoxy) is 1. The number of aromatic nitrogens is 1. The molecule has 2 heterocycles. The molecule has 2 fully saturated rings. The second kappa shape index (κ2) is 8.60. The second-order valence-corrected chi connectivity index (χ2v) is 8.49. The van der Waals surface area contributed by atoms with Gasteiger partial charge in [-0.3, -0.25) is 14.6 Å². The van der Waals surface area contributed by atoms with E-state index in [1.54, 1.807) is 48.7 Å². The minimum absolute atomic E-state index is 0.0201. The molecule has 1 aromatic carbocycles. The molecule has 1 aromatic heterocycles. The quantitative estimate of drug-likeness (QED) is 0.401. The summed E-state index contributed by atoms with van der Waals surface area (Å²) in [6.45, 7) is 0. The Morgan fingerprint density at radius 3 is 2.60 bits per heavy atom. The van der Waals surface area contributed by atoms with Gasteiger partial charge in [-0.25, -0.2) is 0 Å². The van der Waals surface area contributed by atoms with Crippen molar-refractivity contribution in [1.82, 2.24) is 9.88 Å². The first-order valence-electron chi connectivity index (χ1n) is 10.1. The van der Waals surface area contributed by atoms with E-state index in [9.17, 15) is 14.7 Å². The molecule has 1 N–H and O–H groups in total. The van der Waals surface area contributed by atoms with Crippen LogP contribution in [0.25, 0.3) is 5.76 Å². The van der Waals surface area contributed by atoms with Gasteiger partial charge in [0.15, 0.2) is 0 Å². The van der Waals surface area contributed by atoms with Gasteiger partial charge in [0, 0.05) is 24.0 Å². The summed E-state index contributed by atoms with van der Waals surface area (Å²) in [5, 5.41) is 11.1. The Morgan fingerprint density at radius 1 is 1.20 bits per heavy atom. The number of nitrogens with zero attached hydrogens (tertiary/aromatic N) is 2. The Labute approximate surface area is 183 Å². The molecule has 6 nitrogen and oxygen atoms in total. The topological polar surface area (TPSA) is 79.7 Å². The molecular weight excluding hydrogens is 448 g/mol. The zero-order valence-corrected chi connectivity index (χ0v) is 18.3. The number of Topliss-reactive ketones (excluding diaryl/α,β-unsaturated/α-hetero) is 1. The van der Waals surface area contributed by atoms with Gasteiger partial charge in [0.1, 0.15) is 11.5 Å². The van der Waals surface area contributed by atoms with E-state index in [-0.39, 0.29) is 17.4 Å². The van der Waals surface area contributed by atoms with Crippen LogP contribution in [0.1, 0.15) is 49.3 Å². The molecule has 1 unspecified atom stereocenters. The first kappa shape index (κ1) is 20.6. The predicted molar refractivity (Wildman–Crippen MR) is 116 cm³/mol. The fraction of sp³-hybridized carbons (Fsp3) is 0.348. The van der Waals surface area contributed by atoms with E-state index in [0.717, 1.165) is 37.7 Å². The van der Waals surface area contributed by atoms with E-state index in [2.05, 4.69) is 20.9 Å². The predicted octanol–water partition coefficient (Wildman–Crippen LogP) is 4.61. The van der Waals surface area contributed by atoms with E-state index in [4.69, 9.17) is 4.74 Å². The lowest BCUT2D eigenvalue weighted by atomic mass is 9.91. The molecule has 0 bridgehead atoms. The lowest BCUT2D eigenvalue weighted by Crippen LogP contribution is -2.40. The summed E-state index contributed by atoms with van der Waals surface area (Å²) in [4.78, 5) is 32.0. The highest BCUT2D eigenvalue weighted by atomic mass is 79.9. The van der Waals surface area contributed by atoms with Crippen LogP contribution in [0, 0.1) is 0 Å². The van der Waals surface area contributed by atoms with Crippen LogP contribution < -0.4 is 4.74 Å². The van der Waals surface area contributed by atoms with Gasteiger partial charge < -0.3 is 14.7 Å². The maximum Gasteiger partial charge on any atom is 0.295 e. The molecule has 30 heavy (non-hydrogen) atoms. The van der Waals surface area contributed by atoms with Crippen LogP contribution in [0.2, 0.25) is 0 Å². The second-order valence-electron chi connectivity index (χ2n) is 7.63. The first-order valence-corrected chi connectivity index (χ1v) is 10.9. The van der Waals surface area contributed by atoms with Crippen LogP contribution in [-0.4, -0.2) is 39.8 Å². The van der Waals surface area contributed by atoms with Crippen molar-refractivity contribution in [2.24, 2.45) is 0 Å². The highest BCUT2D eigenvalue weighted by Crippen LogP contribution is 2.43. The van der Waals surface area contributed by atoms with Gasteiger partial charge in [-0.05, 0) is 58.6 Å². The highest BCUT2D eigenvalue weighted by molar-refractivity contribution is 9.10. The number of aliphatic hydroxyl groups is 1. The molecular formula is C23H23BrN2O4. The summed E-state index contributed by atoms with van der Waals surface area (Å²) in [6, 6.07) is 8.01. The lowest BCUT2D eigenvalue weighted by molar-refractivity contribution is -0.141. The molecule has 1 aliphatic carbocycles. The van der Waals surface area contributed by atoms with Crippen molar-refractivity contribution >= 4 is 33.4 Å².